The van der Waals surface area contributed by atoms with Crippen LogP contribution in [0.3, 0.4) is 0 Å². The van der Waals surface area contributed by atoms with Crippen LogP contribution in [0.5, 0.6) is 0 Å². The standard InChI is InChI=1S/C32H55N2/c1-3-5-6-7-8-9-10-11-12-13-14-15-16-17-18-19-23-26-32-33(27-4-2)28-29-34(32)30-31-24-21-20-22-25-31/h20-22,24-25,28-29H,3-19,23,26-27,30H2,1-2H3/q+1. The summed E-state index contributed by atoms with van der Waals surface area (Å²) in [7, 11) is 0. The summed E-state index contributed by atoms with van der Waals surface area (Å²) in [5.41, 5.74) is 1.39. The van der Waals surface area contributed by atoms with Crippen LogP contribution < -0.4 is 4.57 Å². The minimum atomic E-state index is 0.992. The smallest absolute Gasteiger partial charge is 0.234 e. The van der Waals surface area contributed by atoms with E-state index in [-0.39, 0.29) is 0 Å². The molecular formula is C32H55N2+. The molecule has 0 aliphatic heterocycles. The van der Waals surface area contributed by atoms with Crippen LogP contribution in [-0.4, -0.2) is 4.57 Å². The van der Waals surface area contributed by atoms with E-state index in [0.717, 1.165) is 13.1 Å². The molecule has 2 nitrogen and oxygen atoms in total. The Morgan fingerprint density at radius 2 is 1.09 bits per heavy atom. The minimum Gasteiger partial charge on any atom is -0.234 e. The molecule has 0 bridgehead atoms. The number of aryl methyl sites for hydroxylation is 1. The molecule has 1 aromatic carbocycles. The second kappa shape index (κ2) is 19.7. The molecule has 1 aromatic heterocycles. The van der Waals surface area contributed by atoms with Gasteiger partial charge in [0.2, 0.25) is 0 Å². The summed E-state index contributed by atoms with van der Waals surface area (Å²) in [5.74, 6) is 1.51. The number of unbranched alkanes of at least 4 members (excludes halogenated alkanes) is 16. The van der Waals surface area contributed by atoms with E-state index < -0.39 is 0 Å². The maximum atomic E-state index is 2.48. The molecule has 2 rings (SSSR count). The summed E-state index contributed by atoms with van der Waals surface area (Å²) in [6.07, 6.45) is 31.4. The maximum Gasteiger partial charge on any atom is 0.256 e. The van der Waals surface area contributed by atoms with Gasteiger partial charge in [0.1, 0.15) is 18.9 Å². The van der Waals surface area contributed by atoms with E-state index in [2.05, 4.69) is 65.7 Å². The topological polar surface area (TPSA) is 8.81 Å². The Morgan fingerprint density at radius 3 is 1.59 bits per heavy atom. The summed E-state index contributed by atoms with van der Waals surface area (Å²) >= 11 is 0. The molecule has 0 unspecified atom stereocenters. The van der Waals surface area contributed by atoms with Gasteiger partial charge in [-0.2, -0.15) is 0 Å². The van der Waals surface area contributed by atoms with Gasteiger partial charge in [-0.1, -0.05) is 147 Å². The van der Waals surface area contributed by atoms with Gasteiger partial charge in [0.25, 0.3) is 5.82 Å². The molecule has 0 radical (unpaired) electrons. The third kappa shape index (κ3) is 12.8. The van der Waals surface area contributed by atoms with Crippen molar-refractivity contribution >= 4 is 0 Å². The average molecular weight is 468 g/mol. The van der Waals surface area contributed by atoms with E-state index in [0.29, 0.717) is 0 Å². The Balaban J connectivity index is 1.48. The Labute approximate surface area is 212 Å². The minimum absolute atomic E-state index is 0.992. The van der Waals surface area contributed by atoms with Gasteiger partial charge in [-0.3, -0.25) is 0 Å². The van der Waals surface area contributed by atoms with Crippen LogP contribution >= 0.6 is 0 Å². The first kappa shape index (κ1) is 28.7. The van der Waals surface area contributed by atoms with E-state index in [1.54, 1.807) is 0 Å². The highest BCUT2D eigenvalue weighted by Gasteiger charge is 2.16. The van der Waals surface area contributed by atoms with Crippen molar-refractivity contribution in [2.45, 2.75) is 149 Å². The zero-order chi connectivity index (χ0) is 24.1. The van der Waals surface area contributed by atoms with E-state index in [4.69, 9.17) is 0 Å². The molecule has 0 atom stereocenters. The van der Waals surface area contributed by atoms with Crippen molar-refractivity contribution in [1.29, 1.82) is 0 Å². The lowest BCUT2D eigenvalue weighted by Crippen LogP contribution is -2.37. The van der Waals surface area contributed by atoms with Crippen molar-refractivity contribution < 1.29 is 4.57 Å². The maximum absolute atomic E-state index is 2.48. The van der Waals surface area contributed by atoms with Crippen molar-refractivity contribution in [2.24, 2.45) is 0 Å². The van der Waals surface area contributed by atoms with Gasteiger partial charge in [-0.25, -0.2) is 9.13 Å². The molecule has 1 heterocycles. The summed E-state index contributed by atoms with van der Waals surface area (Å²) in [6, 6.07) is 10.9. The number of benzene rings is 1. The van der Waals surface area contributed by atoms with Crippen molar-refractivity contribution in [3.05, 3.63) is 54.1 Å². The number of hydrogen-bond donors (Lipinski definition) is 0. The van der Waals surface area contributed by atoms with Gasteiger partial charge in [0.15, 0.2) is 0 Å². The van der Waals surface area contributed by atoms with E-state index >= 15 is 0 Å². The second-order valence-electron chi connectivity index (χ2n) is 10.4. The summed E-state index contributed by atoms with van der Waals surface area (Å²) in [4.78, 5) is 0. The summed E-state index contributed by atoms with van der Waals surface area (Å²) in [6.45, 7) is 6.71. The zero-order valence-electron chi connectivity index (χ0n) is 22.8. The SMILES string of the molecule is CCCCCCCCCCCCCCCCCCCc1n(CCC)cc[n+]1Cc1ccccc1. The Kier molecular flexibility index (Phi) is 16.6. The van der Waals surface area contributed by atoms with Crippen molar-refractivity contribution in [2.75, 3.05) is 0 Å². The van der Waals surface area contributed by atoms with Crippen LogP contribution in [0, 0.1) is 0 Å². The number of aromatic nitrogens is 2. The van der Waals surface area contributed by atoms with Gasteiger partial charge >= 0.3 is 0 Å². The second-order valence-corrected chi connectivity index (χ2v) is 10.4. The van der Waals surface area contributed by atoms with Crippen LogP contribution in [-0.2, 0) is 19.5 Å². The van der Waals surface area contributed by atoms with Crippen molar-refractivity contribution in [3.63, 3.8) is 0 Å². The molecule has 0 amide bonds. The molecule has 0 saturated carbocycles. The predicted octanol–water partition coefficient (Wildman–Crippen LogP) is 9.43. The fourth-order valence-electron chi connectivity index (χ4n) is 5.16. The Bertz CT molecular complexity index is 703. The monoisotopic (exact) mass is 467 g/mol. The van der Waals surface area contributed by atoms with Crippen LogP contribution in [0.25, 0.3) is 0 Å². The number of imidazole rings is 1. The Hall–Kier alpha value is -1.57. The van der Waals surface area contributed by atoms with E-state index in [9.17, 15) is 0 Å². The van der Waals surface area contributed by atoms with E-state index in [1.807, 2.05) is 0 Å². The molecule has 0 spiro atoms. The Morgan fingerprint density at radius 1 is 0.588 bits per heavy atom. The van der Waals surface area contributed by atoms with Crippen LogP contribution in [0.4, 0.5) is 0 Å². The van der Waals surface area contributed by atoms with Gasteiger partial charge in [-0.05, 0) is 18.4 Å². The van der Waals surface area contributed by atoms with Crippen LogP contribution in [0.15, 0.2) is 42.7 Å². The van der Waals surface area contributed by atoms with Crippen molar-refractivity contribution in [1.82, 2.24) is 4.57 Å². The molecule has 192 valence electrons. The van der Waals surface area contributed by atoms with Crippen LogP contribution in [0.2, 0.25) is 0 Å². The van der Waals surface area contributed by atoms with Crippen LogP contribution in [0.1, 0.15) is 141 Å². The molecule has 0 aliphatic rings. The lowest BCUT2D eigenvalue weighted by Gasteiger charge is -2.06. The normalized spacial score (nSPS) is 11.4. The van der Waals surface area contributed by atoms with E-state index in [1.165, 1.54) is 133 Å². The summed E-state index contributed by atoms with van der Waals surface area (Å²) < 4.78 is 4.95. The molecule has 2 heteroatoms. The van der Waals surface area contributed by atoms with Gasteiger partial charge < -0.3 is 0 Å². The molecule has 0 aliphatic carbocycles. The van der Waals surface area contributed by atoms with Gasteiger partial charge in [0.05, 0.1) is 6.54 Å². The molecule has 2 aromatic rings. The number of nitrogens with zero attached hydrogens (tertiary/aromatic N) is 2. The highest BCUT2D eigenvalue weighted by atomic mass is 15.1. The zero-order valence-corrected chi connectivity index (χ0v) is 22.8. The highest BCUT2D eigenvalue weighted by molar-refractivity contribution is 5.13. The first-order valence-corrected chi connectivity index (χ1v) is 15.0. The first-order valence-electron chi connectivity index (χ1n) is 15.0. The quantitative estimate of drug-likeness (QED) is 0.120. The van der Waals surface area contributed by atoms with Gasteiger partial charge in [-0.15, -0.1) is 0 Å². The third-order valence-electron chi connectivity index (χ3n) is 7.25. The van der Waals surface area contributed by atoms with Gasteiger partial charge in [0, 0.05) is 6.42 Å². The molecule has 0 N–H and O–H groups in total. The fraction of sp³-hybridized carbons (Fsp3) is 0.719. The lowest BCUT2D eigenvalue weighted by molar-refractivity contribution is -0.695. The first-order chi connectivity index (χ1) is 16.8. The van der Waals surface area contributed by atoms with Crippen molar-refractivity contribution in [3.8, 4) is 0 Å². The highest BCUT2D eigenvalue weighted by Crippen LogP contribution is 2.15. The number of rotatable bonds is 22. The predicted molar refractivity (Wildman–Crippen MR) is 148 cm³/mol. The molecule has 34 heavy (non-hydrogen) atoms. The summed E-state index contributed by atoms with van der Waals surface area (Å²) in [5, 5.41) is 0. The lowest BCUT2D eigenvalue weighted by atomic mass is 10.0. The molecule has 0 fully saturated rings. The number of hydrogen-bond acceptors (Lipinski definition) is 0. The largest absolute Gasteiger partial charge is 0.256 e. The third-order valence-corrected chi connectivity index (χ3v) is 7.25. The average Bonchev–Trinajstić information content (AvgIpc) is 3.22. The fourth-order valence-corrected chi connectivity index (χ4v) is 5.16. The molecular weight excluding hydrogens is 412 g/mol. The molecule has 0 saturated heterocycles.